The van der Waals surface area contributed by atoms with E-state index in [2.05, 4.69) is 20.9 Å². The molecule has 1 amide bonds. The number of alkyl halides is 1. The summed E-state index contributed by atoms with van der Waals surface area (Å²) in [4.78, 5) is 17.9. The molecular weight excluding hydrogens is 244 g/mol. The number of carbonyl (C=O) groups excluding carboxylic acids is 1. The van der Waals surface area contributed by atoms with Crippen molar-refractivity contribution in [2.24, 2.45) is 0 Å². The van der Waals surface area contributed by atoms with E-state index >= 15 is 0 Å². The highest BCUT2D eigenvalue weighted by Crippen LogP contribution is 2.23. The van der Waals surface area contributed by atoms with E-state index in [9.17, 15) is 4.79 Å². The topological polar surface area (TPSA) is 33.2 Å². The molecule has 1 aliphatic rings. The number of nitrogens with zero attached hydrogens (tertiary/aromatic N) is 2. The van der Waals surface area contributed by atoms with Gasteiger partial charge < -0.3 is 0 Å². The van der Waals surface area contributed by atoms with Crippen molar-refractivity contribution in [1.82, 2.24) is 4.98 Å². The summed E-state index contributed by atoms with van der Waals surface area (Å²) in [6.45, 7) is 2.64. The van der Waals surface area contributed by atoms with Gasteiger partial charge in [0.2, 0.25) is 5.91 Å². The maximum absolute atomic E-state index is 11.6. The molecule has 3 nitrogen and oxygen atoms in total. The molecule has 1 unspecified atom stereocenters. The molecule has 0 aliphatic carbocycles. The SMILES string of the molecule is Cc1cccc(N2CC(Br)CC2=O)n1. The van der Waals surface area contributed by atoms with E-state index < -0.39 is 0 Å². The zero-order valence-electron chi connectivity index (χ0n) is 7.90. The number of anilines is 1. The molecule has 14 heavy (non-hydrogen) atoms. The Morgan fingerprint density at radius 1 is 1.57 bits per heavy atom. The summed E-state index contributed by atoms with van der Waals surface area (Å²) in [5, 5.41) is 0. The van der Waals surface area contributed by atoms with Crippen molar-refractivity contribution in [1.29, 1.82) is 0 Å². The van der Waals surface area contributed by atoms with Crippen LogP contribution in [0.25, 0.3) is 0 Å². The minimum absolute atomic E-state index is 0.143. The predicted molar refractivity (Wildman–Crippen MR) is 58.7 cm³/mol. The summed E-state index contributed by atoms with van der Waals surface area (Å²) < 4.78 is 0. The molecule has 1 aromatic heterocycles. The van der Waals surface area contributed by atoms with Crippen molar-refractivity contribution < 1.29 is 4.79 Å². The summed E-state index contributed by atoms with van der Waals surface area (Å²) >= 11 is 3.44. The van der Waals surface area contributed by atoms with Crippen LogP contribution >= 0.6 is 15.9 Å². The molecule has 0 spiro atoms. The van der Waals surface area contributed by atoms with Gasteiger partial charge in [0.15, 0.2) is 0 Å². The average molecular weight is 255 g/mol. The molecule has 1 aromatic rings. The van der Waals surface area contributed by atoms with E-state index in [1.807, 2.05) is 25.1 Å². The van der Waals surface area contributed by atoms with Crippen molar-refractivity contribution in [3.8, 4) is 0 Å². The van der Waals surface area contributed by atoms with Crippen LogP contribution in [0.15, 0.2) is 18.2 Å². The molecule has 0 saturated carbocycles. The van der Waals surface area contributed by atoms with Gasteiger partial charge in [-0.2, -0.15) is 0 Å². The van der Waals surface area contributed by atoms with Crippen molar-refractivity contribution in [2.75, 3.05) is 11.4 Å². The van der Waals surface area contributed by atoms with Crippen molar-refractivity contribution in [3.05, 3.63) is 23.9 Å². The molecule has 0 aromatic carbocycles. The lowest BCUT2D eigenvalue weighted by Crippen LogP contribution is -2.25. The highest BCUT2D eigenvalue weighted by atomic mass is 79.9. The van der Waals surface area contributed by atoms with Gasteiger partial charge >= 0.3 is 0 Å². The van der Waals surface area contributed by atoms with Gasteiger partial charge in [-0.1, -0.05) is 22.0 Å². The van der Waals surface area contributed by atoms with Crippen LogP contribution in [0.3, 0.4) is 0 Å². The van der Waals surface area contributed by atoms with E-state index in [0.29, 0.717) is 6.42 Å². The average Bonchev–Trinajstić information content (AvgIpc) is 2.45. The molecule has 4 heteroatoms. The Morgan fingerprint density at radius 3 is 2.93 bits per heavy atom. The zero-order chi connectivity index (χ0) is 10.1. The number of hydrogen-bond acceptors (Lipinski definition) is 2. The lowest BCUT2D eigenvalue weighted by atomic mass is 10.3. The van der Waals surface area contributed by atoms with Crippen LogP contribution in [-0.4, -0.2) is 22.3 Å². The second kappa shape index (κ2) is 3.69. The van der Waals surface area contributed by atoms with E-state index in [1.54, 1.807) is 4.90 Å². The number of pyridine rings is 1. The number of halogens is 1. The maximum atomic E-state index is 11.6. The summed E-state index contributed by atoms with van der Waals surface area (Å²) in [6.07, 6.45) is 0.565. The third kappa shape index (κ3) is 1.80. The lowest BCUT2D eigenvalue weighted by molar-refractivity contribution is -0.117. The fourth-order valence-corrected chi connectivity index (χ4v) is 2.13. The Hall–Kier alpha value is -0.900. The number of carbonyl (C=O) groups is 1. The zero-order valence-corrected chi connectivity index (χ0v) is 9.49. The van der Waals surface area contributed by atoms with Gasteiger partial charge in [0.05, 0.1) is 0 Å². The standard InChI is InChI=1S/C10H11BrN2O/c1-7-3-2-4-9(12-7)13-6-8(11)5-10(13)14/h2-4,8H,5-6H2,1H3. The summed E-state index contributed by atoms with van der Waals surface area (Å²) in [5.41, 5.74) is 0.938. The molecule has 1 atom stereocenters. The maximum Gasteiger partial charge on any atom is 0.229 e. The molecule has 74 valence electrons. The molecule has 1 fully saturated rings. The largest absolute Gasteiger partial charge is 0.296 e. The van der Waals surface area contributed by atoms with Gasteiger partial charge in [-0.05, 0) is 19.1 Å². The molecule has 1 saturated heterocycles. The summed E-state index contributed by atoms with van der Waals surface area (Å²) in [5.74, 6) is 0.905. The van der Waals surface area contributed by atoms with Gasteiger partial charge in [0.25, 0.3) is 0 Å². The predicted octanol–water partition coefficient (Wildman–Crippen LogP) is 1.89. The van der Waals surface area contributed by atoms with Gasteiger partial charge in [-0.15, -0.1) is 0 Å². The highest BCUT2D eigenvalue weighted by Gasteiger charge is 2.29. The third-order valence-electron chi connectivity index (χ3n) is 2.23. The van der Waals surface area contributed by atoms with Crippen molar-refractivity contribution in [2.45, 2.75) is 18.2 Å². The normalized spacial score (nSPS) is 21.7. The van der Waals surface area contributed by atoms with Crippen LogP contribution in [0.4, 0.5) is 5.82 Å². The molecule has 1 aliphatic heterocycles. The van der Waals surface area contributed by atoms with Crippen molar-refractivity contribution >= 4 is 27.7 Å². The van der Waals surface area contributed by atoms with E-state index in [4.69, 9.17) is 0 Å². The van der Waals surface area contributed by atoms with Gasteiger partial charge in [0.1, 0.15) is 5.82 Å². The second-order valence-corrected chi connectivity index (χ2v) is 4.74. The molecule has 2 heterocycles. The minimum atomic E-state index is 0.143. The quantitative estimate of drug-likeness (QED) is 0.718. The molecule has 0 radical (unpaired) electrons. The fourth-order valence-electron chi connectivity index (χ4n) is 1.56. The first kappa shape index (κ1) is 9.65. The van der Waals surface area contributed by atoms with Crippen LogP contribution in [-0.2, 0) is 4.79 Å². The van der Waals surface area contributed by atoms with E-state index in [1.165, 1.54) is 0 Å². The molecule has 2 rings (SSSR count). The van der Waals surface area contributed by atoms with Crippen molar-refractivity contribution in [3.63, 3.8) is 0 Å². The number of rotatable bonds is 1. The Bertz CT molecular complexity index is 367. The Labute approximate surface area is 91.3 Å². The Balaban J connectivity index is 2.27. The summed E-state index contributed by atoms with van der Waals surface area (Å²) in [7, 11) is 0. The van der Waals surface area contributed by atoms with Gasteiger partial charge in [-0.3, -0.25) is 9.69 Å². The Kier molecular flexibility index (Phi) is 2.54. The van der Waals surface area contributed by atoms with Gasteiger partial charge in [-0.25, -0.2) is 4.98 Å². The highest BCUT2D eigenvalue weighted by molar-refractivity contribution is 9.09. The minimum Gasteiger partial charge on any atom is -0.296 e. The van der Waals surface area contributed by atoms with Crippen LogP contribution in [0.2, 0.25) is 0 Å². The van der Waals surface area contributed by atoms with E-state index in [0.717, 1.165) is 18.1 Å². The molecule has 0 N–H and O–H groups in total. The first-order valence-electron chi connectivity index (χ1n) is 4.55. The number of aromatic nitrogens is 1. The Morgan fingerprint density at radius 2 is 2.36 bits per heavy atom. The number of hydrogen-bond donors (Lipinski definition) is 0. The first-order valence-corrected chi connectivity index (χ1v) is 5.46. The fraction of sp³-hybridized carbons (Fsp3) is 0.400. The third-order valence-corrected chi connectivity index (χ3v) is 2.84. The van der Waals surface area contributed by atoms with Crippen LogP contribution < -0.4 is 4.90 Å². The van der Waals surface area contributed by atoms with Gasteiger partial charge in [0, 0.05) is 23.5 Å². The van der Waals surface area contributed by atoms with Crippen LogP contribution in [0, 0.1) is 6.92 Å². The smallest absolute Gasteiger partial charge is 0.229 e. The summed E-state index contributed by atoms with van der Waals surface area (Å²) in [6, 6.07) is 5.72. The lowest BCUT2D eigenvalue weighted by Gasteiger charge is -2.14. The second-order valence-electron chi connectivity index (χ2n) is 3.44. The molecular formula is C10H11BrN2O. The monoisotopic (exact) mass is 254 g/mol. The van der Waals surface area contributed by atoms with Crippen LogP contribution in [0.5, 0.6) is 0 Å². The number of amides is 1. The van der Waals surface area contributed by atoms with Crippen LogP contribution in [0.1, 0.15) is 12.1 Å². The number of aryl methyl sites for hydroxylation is 1. The first-order chi connectivity index (χ1) is 6.66. The molecule has 0 bridgehead atoms. The van der Waals surface area contributed by atoms with E-state index in [-0.39, 0.29) is 10.7 Å².